The van der Waals surface area contributed by atoms with Crippen LogP contribution in [0.2, 0.25) is 15.1 Å². The Labute approximate surface area is 170 Å². The van der Waals surface area contributed by atoms with Crippen LogP contribution in [-0.4, -0.2) is 18.1 Å². The molecular formula is C19H14Cl3NO4. The lowest BCUT2D eigenvalue weighted by Gasteiger charge is -2.11. The molecule has 0 aliphatic heterocycles. The minimum absolute atomic E-state index is 0.198. The second-order valence-electron chi connectivity index (χ2n) is 5.55. The molecule has 0 spiro atoms. The number of methoxy groups -OCH3 is 1. The lowest BCUT2D eigenvalue weighted by molar-refractivity contribution is 0.102. The Morgan fingerprint density at radius 2 is 1.78 bits per heavy atom. The third-order valence-corrected chi connectivity index (χ3v) is 4.67. The molecule has 0 saturated carbocycles. The second-order valence-corrected chi connectivity index (χ2v) is 6.77. The van der Waals surface area contributed by atoms with E-state index in [-0.39, 0.29) is 22.2 Å². The third kappa shape index (κ3) is 4.22. The Morgan fingerprint density at radius 1 is 1.07 bits per heavy atom. The third-order valence-electron chi connectivity index (χ3n) is 3.78. The largest absolute Gasteiger partial charge is 0.494 e. The number of aliphatic hydroxyl groups is 1. The summed E-state index contributed by atoms with van der Waals surface area (Å²) in [5.41, 5.74) is 1.34. The molecule has 0 unspecified atom stereocenters. The lowest BCUT2D eigenvalue weighted by Crippen LogP contribution is -2.12. The summed E-state index contributed by atoms with van der Waals surface area (Å²) in [7, 11) is 1.44. The maximum Gasteiger partial charge on any atom is 0.255 e. The van der Waals surface area contributed by atoms with Crippen molar-refractivity contribution in [1.82, 2.24) is 0 Å². The average Bonchev–Trinajstić information content (AvgIpc) is 3.12. The number of hydrogen-bond donors (Lipinski definition) is 2. The Kier molecular flexibility index (Phi) is 5.97. The van der Waals surface area contributed by atoms with Crippen molar-refractivity contribution in [2.24, 2.45) is 0 Å². The molecule has 3 aromatic rings. The summed E-state index contributed by atoms with van der Waals surface area (Å²) >= 11 is 18.4. The van der Waals surface area contributed by atoms with Gasteiger partial charge in [-0.05, 0) is 42.5 Å². The number of amides is 1. The van der Waals surface area contributed by atoms with E-state index in [0.29, 0.717) is 33.5 Å². The predicted molar refractivity (Wildman–Crippen MR) is 106 cm³/mol. The molecule has 0 atom stereocenters. The van der Waals surface area contributed by atoms with Crippen molar-refractivity contribution in [2.45, 2.75) is 6.61 Å². The van der Waals surface area contributed by atoms with E-state index in [0.717, 1.165) is 0 Å². The van der Waals surface area contributed by atoms with Crippen LogP contribution in [0.4, 0.5) is 5.69 Å². The van der Waals surface area contributed by atoms with E-state index in [1.165, 1.54) is 19.2 Å². The lowest BCUT2D eigenvalue weighted by atomic mass is 10.1. The molecule has 0 bridgehead atoms. The van der Waals surface area contributed by atoms with Gasteiger partial charge in [-0.25, -0.2) is 0 Å². The number of carbonyl (C=O) groups is 1. The molecule has 5 nitrogen and oxygen atoms in total. The smallest absolute Gasteiger partial charge is 0.255 e. The molecule has 2 N–H and O–H groups in total. The molecule has 0 saturated heterocycles. The van der Waals surface area contributed by atoms with Gasteiger partial charge in [-0.3, -0.25) is 4.79 Å². The van der Waals surface area contributed by atoms with Gasteiger partial charge in [0, 0.05) is 11.1 Å². The number of ether oxygens (including phenoxy) is 1. The van der Waals surface area contributed by atoms with Gasteiger partial charge in [-0.2, -0.15) is 0 Å². The van der Waals surface area contributed by atoms with Gasteiger partial charge in [-0.15, -0.1) is 0 Å². The van der Waals surface area contributed by atoms with Gasteiger partial charge >= 0.3 is 0 Å². The van der Waals surface area contributed by atoms with E-state index >= 15 is 0 Å². The number of hydrogen-bond acceptors (Lipinski definition) is 4. The van der Waals surface area contributed by atoms with Gasteiger partial charge in [0.2, 0.25) is 0 Å². The van der Waals surface area contributed by atoms with E-state index in [9.17, 15) is 4.79 Å². The number of halogens is 3. The van der Waals surface area contributed by atoms with E-state index in [1.807, 2.05) is 0 Å². The number of carbonyl (C=O) groups excluding carboxylic acids is 1. The molecule has 3 rings (SSSR count). The first-order chi connectivity index (χ1) is 12.9. The molecule has 0 radical (unpaired) electrons. The number of benzene rings is 2. The van der Waals surface area contributed by atoms with Crippen molar-refractivity contribution in [3.8, 4) is 17.1 Å². The fraction of sp³-hybridized carbons (Fsp3) is 0.105. The summed E-state index contributed by atoms with van der Waals surface area (Å²) in [4.78, 5) is 12.6. The van der Waals surface area contributed by atoms with Crippen molar-refractivity contribution in [1.29, 1.82) is 0 Å². The van der Waals surface area contributed by atoms with Crippen LogP contribution in [0.25, 0.3) is 11.3 Å². The number of nitrogens with one attached hydrogen (secondary N) is 1. The number of furan rings is 1. The number of rotatable bonds is 5. The summed E-state index contributed by atoms with van der Waals surface area (Å²) in [5.74, 6) is 0.846. The minimum Gasteiger partial charge on any atom is -0.494 e. The van der Waals surface area contributed by atoms with Crippen molar-refractivity contribution >= 4 is 46.4 Å². The zero-order valence-corrected chi connectivity index (χ0v) is 16.3. The molecule has 2 aromatic carbocycles. The Hall–Kier alpha value is -2.18. The number of aliphatic hydroxyl groups excluding tert-OH is 1. The van der Waals surface area contributed by atoms with Crippen molar-refractivity contribution < 1.29 is 19.1 Å². The van der Waals surface area contributed by atoms with Crippen LogP contribution >= 0.6 is 34.8 Å². The maximum atomic E-state index is 12.6. The van der Waals surface area contributed by atoms with Gasteiger partial charge in [-0.1, -0.05) is 34.8 Å². The summed E-state index contributed by atoms with van der Waals surface area (Å²) in [6, 6.07) is 11.4. The molecule has 8 heteroatoms. The van der Waals surface area contributed by atoms with Crippen LogP contribution in [0.15, 0.2) is 46.9 Å². The van der Waals surface area contributed by atoms with Gasteiger partial charge in [0.25, 0.3) is 5.91 Å². The van der Waals surface area contributed by atoms with Crippen molar-refractivity contribution in [2.75, 3.05) is 12.4 Å². The van der Waals surface area contributed by atoms with Crippen molar-refractivity contribution in [3.63, 3.8) is 0 Å². The number of anilines is 1. The zero-order chi connectivity index (χ0) is 19.6. The molecule has 1 aromatic heterocycles. The van der Waals surface area contributed by atoms with Gasteiger partial charge in [0.15, 0.2) is 5.75 Å². The van der Waals surface area contributed by atoms with Crippen LogP contribution in [0, 0.1) is 0 Å². The van der Waals surface area contributed by atoms with Crippen LogP contribution in [-0.2, 0) is 6.61 Å². The minimum atomic E-state index is -0.434. The SMILES string of the molecule is COc1c(Cl)cc(C(=O)Nc2cc(-c3ccc(CO)o3)ccc2Cl)cc1Cl. The van der Waals surface area contributed by atoms with Crippen LogP contribution in [0.5, 0.6) is 5.75 Å². The van der Waals surface area contributed by atoms with Crippen molar-refractivity contribution in [3.05, 3.63) is 68.9 Å². The molecule has 1 heterocycles. The molecule has 1 amide bonds. The predicted octanol–water partition coefficient (Wildman–Crippen LogP) is 5.66. The highest BCUT2D eigenvalue weighted by Crippen LogP contribution is 2.35. The highest BCUT2D eigenvalue weighted by atomic mass is 35.5. The Bertz CT molecular complexity index is 977. The van der Waals surface area contributed by atoms with Gasteiger partial charge in [0.1, 0.15) is 18.1 Å². The Balaban J connectivity index is 1.89. The second kappa shape index (κ2) is 8.23. The normalized spacial score (nSPS) is 10.7. The van der Waals surface area contributed by atoms with Gasteiger partial charge in [0.05, 0.1) is 27.9 Å². The average molecular weight is 427 g/mol. The highest BCUT2D eigenvalue weighted by molar-refractivity contribution is 6.38. The first-order valence-corrected chi connectivity index (χ1v) is 8.90. The molecule has 0 aliphatic carbocycles. The van der Waals surface area contributed by atoms with E-state index in [4.69, 9.17) is 49.1 Å². The quantitative estimate of drug-likeness (QED) is 0.552. The summed E-state index contributed by atoms with van der Waals surface area (Å²) in [6.07, 6.45) is 0. The standard InChI is InChI=1S/C19H14Cl3NO4/c1-26-18-14(21)6-11(7-15(18)22)19(25)23-16-8-10(2-4-13(16)20)17-5-3-12(9-24)27-17/h2-8,24H,9H2,1H3,(H,23,25). The van der Waals surface area contributed by atoms with Crippen LogP contribution in [0.3, 0.4) is 0 Å². The summed E-state index contributed by atoms with van der Waals surface area (Å²) < 4.78 is 10.6. The molecule has 0 aliphatic rings. The fourth-order valence-corrected chi connectivity index (χ4v) is 3.28. The molecule has 27 heavy (non-hydrogen) atoms. The fourth-order valence-electron chi connectivity index (χ4n) is 2.47. The van der Waals surface area contributed by atoms with Crippen LogP contribution < -0.4 is 10.1 Å². The summed E-state index contributed by atoms with van der Waals surface area (Å²) in [5, 5.41) is 12.7. The van der Waals surface area contributed by atoms with E-state index in [1.54, 1.807) is 30.3 Å². The first-order valence-electron chi connectivity index (χ1n) is 7.76. The first kappa shape index (κ1) is 19.6. The molecule has 140 valence electrons. The maximum absolute atomic E-state index is 12.6. The molecule has 0 fully saturated rings. The van der Waals surface area contributed by atoms with Gasteiger partial charge < -0.3 is 19.6 Å². The molecular weight excluding hydrogens is 413 g/mol. The van der Waals surface area contributed by atoms with E-state index in [2.05, 4.69) is 5.32 Å². The topological polar surface area (TPSA) is 71.7 Å². The monoisotopic (exact) mass is 425 g/mol. The van der Waals surface area contributed by atoms with Crippen LogP contribution in [0.1, 0.15) is 16.1 Å². The van der Waals surface area contributed by atoms with E-state index < -0.39 is 5.91 Å². The summed E-state index contributed by atoms with van der Waals surface area (Å²) in [6.45, 7) is -0.198. The zero-order valence-electron chi connectivity index (χ0n) is 14.1. The highest BCUT2D eigenvalue weighted by Gasteiger charge is 2.15. The Morgan fingerprint density at radius 3 is 2.37 bits per heavy atom.